The number of nitrogens with one attached hydrogen (secondary N) is 2. The van der Waals surface area contributed by atoms with Gasteiger partial charge in [0.25, 0.3) is 5.91 Å². The minimum absolute atomic E-state index is 0.0201. The molecule has 1 aliphatic rings. The number of hydrogen-bond donors (Lipinski definition) is 2. The lowest BCUT2D eigenvalue weighted by Gasteiger charge is -2.16. The highest BCUT2D eigenvalue weighted by atomic mass is 35.5. The lowest BCUT2D eigenvalue weighted by Crippen LogP contribution is -2.18. The van der Waals surface area contributed by atoms with E-state index >= 15 is 0 Å². The fourth-order valence-electron chi connectivity index (χ4n) is 2.39. The summed E-state index contributed by atoms with van der Waals surface area (Å²) in [4.78, 5) is 24.0. The van der Waals surface area contributed by atoms with E-state index in [1.54, 1.807) is 0 Å². The number of rotatable bonds is 4. The van der Waals surface area contributed by atoms with Gasteiger partial charge in [0, 0.05) is 17.2 Å². The van der Waals surface area contributed by atoms with E-state index in [2.05, 4.69) is 10.6 Å². The van der Waals surface area contributed by atoms with Crippen LogP contribution in [-0.2, 0) is 11.0 Å². The first kappa shape index (κ1) is 19.5. The van der Waals surface area contributed by atoms with Crippen LogP contribution in [-0.4, -0.2) is 11.8 Å². The molecule has 0 atom stereocenters. The van der Waals surface area contributed by atoms with Gasteiger partial charge in [0.05, 0.1) is 21.3 Å². The Kier molecular flexibility index (Phi) is 5.35. The molecule has 9 heteroatoms. The smallest absolute Gasteiger partial charge is 0.326 e. The lowest BCUT2D eigenvalue weighted by atomic mass is 10.1. The first-order chi connectivity index (χ1) is 12.6. The van der Waals surface area contributed by atoms with E-state index < -0.39 is 23.3 Å². The van der Waals surface area contributed by atoms with Gasteiger partial charge in [-0.25, -0.2) is 0 Å². The molecule has 27 heavy (non-hydrogen) atoms. The van der Waals surface area contributed by atoms with Gasteiger partial charge in [-0.1, -0.05) is 23.2 Å². The Morgan fingerprint density at radius 1 is 0.963 bits per heavy atom. The topological polar surface area (TPSA) is 58.2 Å². The van der Waals surface area contributed by atoms with Crippen LogP contribution < -0.4 is 10.6 Å². The van der Waals surface area contributed by atoms with Crippen LogP contribution in [0.3, 0.4) is 0 Å². The molecule has 3 rings (SSSR count). The van der Waals surface area contributed by atoms with Crippen molar-refractivity contribution in [3.05, 3.63) is 57.6 Å². The number of carbonyl (C=O) groups is 2. The second kappa shape index (κ2) is 7.40. The minimum atomic E-state index is -4.72. The van der Waals surface area contributed by atoms with Gasteiger partial charge in [-0.2, -0.15) is 13.2 Å². The summed E-state index contributed by atoms with van der Waals surface area (Å²) in [5, 5.41) is 5.01. The lowest BCUT2D eigenvalue weighted by molar-refractivity contribution is -0.137. The molecule has 0 radical (unpaired) electrons. The van der Waals surface area contributed by atoms with E-state index in [0.717, 1.165) is 25.0 Å². The van der Waals surface area contributed by atoms with E-state index in [-0.39, 0.29) is 33.1 Å². The van der Waals surface area contributed by atoms with Crippen LogP contribution in [0.25, 0.3) is 0 Å². The third kappa shape index (κ3) is 4.73. The summed E-state index contributed by atoms with van der Waals surface area (Å²) in [6.07, 6.45) is -3.26. The summed E-state index contributed by atoms with van der Waals surface area (Å²) in [5.41, 5.74) is -1.41. The summed E-state index contributed by atoms with van der Waals surface area (Å²) in [6, 6.07) is 7.18. The second-order valence-electron chi connectivity index (χ2n) is 6.10. The maximum absolute atomic E-state index is 13.4. The number of halogens is 5. The minimum Gasteiger partial charge on any atom is -0.326 e. The van der Waals surface area contributed by atoms with Crippen LogP contribution in [0.15, 0.2) is 36.4 Å². The SMILES string of the molecule is O=C(Nc1ccc(NC(=O)C2CC2)cc1C(F)(F)F)c1ccc(Cl)c(Cl)c1. The number of carbonyl (C=O) groups excluding carboxylic acids is 2. The number of benzene rings is 2. The molecule has 1 aliphatic carbocycles. The summed E-state index contributed by atoms with van der Waals surface area (Å²) < 4.78 is 40.2. The highest BCUT2D eigenvalue weighted by Crippen LogP contribution is 2.37. The van der Waals surface area contributed by atoms with Crippen LogP contribution in [0.1, 0.15) is 28.8 Å². The highest BCUT2D eigenvalue weighted by molar-refractivity contribution is 6.42. The summed E-state index contributed by atoms with van der Waals surface area (Å²) in [6.45, 7) is 0. The van der Waals surface area contributed by atoms with Gasteiger partial charge >= 0.3 is 6.18 Å². The Morgan fingerprint density at radius 3 is 2.26 bits per heavy atom. The van der Waals surface area contributed by atoms with E-state index in [1.165, 1.54) is 24.3 Å². The molecule has 0 spiro atoms. The molecule has 0 heterocycles. The van der Waals surface area contributed by atoms with Crippen LogP contribution in [0.4, 0.5) is 24.5 Å². The molecule has 1 fully saturated rings. The maximum Gasteiger partial charge on any atom is 0.418 e. The average Bonchev–Trinajstić information content (AvgIpc) is 3.42. The predicted molar refractivity (Wildman–Crippen MR) is 97.2 cm³/mol. The summed E-state index contributed by atoms with van der Waals surface area (Å²) in [5.74, 6) is -1.22. The van der Waals surface area contributed by atoms with Gasteiger partial charge in [-0.05, 0) is 49.2 Å². The number of amides is 2. The maximum atomic E-state index is 13.4. The van der Waals surface area contributed by atoms with E-state index in [4.69, 9.17) is 23.2 Å². The Bertz CT molecular complexity index is 912. The average molecular weight is 417 g/mol. The molecule has 142 valence electrons. The molecule has 0 bridgehead atoms. The van der Waals surface area contributed by atoms with E-state index in [0.29, 0.717) is 0 Å². The molecule has 2 amide bonds. The first-order valence-corrected chi connectivity index (χ1v) is 8.69. The van der Waals surface area contributed by atoms with Crippen molar-refractivity contribution >= 4 is 46.4 Å². The van der Waals surface area contributed by atoms with E-state index in [9.17, 15) is 22.8 Å². The molecule has 2 aromatic carbocycles. The molecule has 0 unspecified atom stereocenters. The second-order valence-corrected chi connectivity index (χ2v) is 6.92. The van der Waals surface area contributed by atoms with Crippen molar-refractivity contribution in [2.75, 3.05) is 10.6 Å². The van der Waals surface area contributed by atoms with Gasteiger partial charge in [0.15, 0.2) is 0 Å². The highest BCUT2D eigenvalue weighted by Gasteiger charge is 2.35. The fourth-order valence-corrected chi connectivity index (χ4v) is 2.69. The molecular formula is C18H13Cl2F3N2O2. The molecule has 4 nitrogen and oxygen atoms in total. The Hall–Kier alpha value is -2.25. The normalized spacial score (nSPS) is 14.0. The molecule has 0 aromatic heterocycles. The monoisotopic (exact) mass is 416 g/mol. The van der Waals surface area contributed by atoms with Gasteiger partial charge in [0.2, 0.25) is 5.91 Å². The van der Waals surface area contributed by atoms with Crippen LogP contribution in [0.5, 0.6) is 0 Å². The standard InChI is InChI=1S/C18H13Cl2F3N2O2/c19-13-5-3-10(7-14(13)20)17(27)25-15-6-4-11(8-12(15)18(21,22)23)24-16(26)9-1-2-9/h3-9H,1-2H2,(H,24,26)(H,25,27). The van der Waals surface area contributed by atoms with Gasteiger partial charge in [0.1, 0.15) is 0 Å². The van der Waals surface area contributed by atoms with Gasteiger partial charge in [-0.3, -0.25) is 9.59 Å². The molecule has 2 N–H and O–H groups in total. The van der Waals surface area contributed by atoms with Gasteiger partial charge in [-0.15, -0.1) is 0 Å². The molecule has 2 aromatic rings. The fraction of sp³-hybridized carbons (Fsp3) is 0.222. The largest absolute Gasteiger partial charge is 0.418 e. The number of anilines is 2. The molecule has 0 aliphatic heterocycles. The zero-order valence-electron chi connectivity index (χ0n) is 13.7. The summed E-state index contributed by atoms with van der Waals surface area (Å²) >= 11 is 11.6. The molecular weight excluding hydrogens is 404 g/mol. The van der Waals surface area contributed by atoms with Crippen molar-refractivity contribution in [1.29, 1.82) is 0 Å². The number of hydrogen-bond acceptors (Lipinski definition) is 2. The van der Waals surface area contributed by atoms with Crippen molar-refractivity contribution in [2.45, 2.75) is 19.0 Å². The van der Waals surface area contributed by atoms with Crippen LogP contribution in [0.2, 0.25) is 10.0 Å². The molecule has 1 saturated carbocycles. The first-order valence-electron chi connectivity index (χ1n) is 7.93. The summed E-state index contributed by atoms with van der Waals surface area (Å²) in [7, 11) is 0. The quantitative estimate of drug-likeness (QED) is 0.679. The van der Waals surface area contributed by atoms with Crippen molar-refractivity contribution in [3.63, 3.8) is 0 Å². The third-order valence-electron chi connectivity index (χ3n) is 3.97. The Morgan fingerprint density at radius 2 is 1.67 bits per heavy atom. The third-order valence-corrected chi connectivity index (χ3v) is 4.71. The van der Waals surface area contributed by atoms with Crippen molar-refractivity contribution in [3.8, 4) is 0 Å². The van der Waals surface area contributed by atoms with E-state index in [1.807, 2.05) is 0 Å². The Balaban J connectivity index is 1.85. The van der Waals surface area contributed by atoms with Crippen molar-refractivity contribution in [2.24, 2.45) is 5.92 Å². The van der Waals surface area contributed by atoms with Crippen LogP contribution in [0, 0.1) is 5.92 Å². The van der Waals surface area contributed by atoms with Gasteiger partial charge < -0.3 is 10.6 Å². The number of alkyl halides is 3. The Labute approximate surface area is 162 Å². The zero-order chi connectivity index (χ0) is 19.8. The van der Waals surface area contributed by atoms with Crippen molar-refractivity contribution in [1.82, 2.24) is 0 Å². The molecule has 0 saturated heterocycles. The predicted octanol–water partition coefficient (Wildman–Crippen LogP) is 5.61. The van der Waals surface area contributed by atoms with Crippen molar-refractivity contribution < 1.29 is 22.8 Å². The van der Waals surface area contributed by atoms with Crippen LogP contribution >= 0.6 is 23.2 Å². The zero-order valence-corrected chi connectivity index (χ0v) is 15.2.